The van der Waals surface area contributed by atoms with Crippen LogP contribution in [0, 0.1) is 0 Å². The van der Waals surface area contributed by atoms with Crippen molar-refractivity contribution in [2.75, 3.05) is 33.4 Å². The molecule has 6 nitrogen and oxygen atoms in total. The van der Waals surface area contributed by atoms with Crippen LogP contribution in [-0.2, 0) is 21.3 Å². The van der Waals surface area contributed by atoms with Gasteiger partial charge >= 0.3 is 0 Å². The molecule has 1 aliphatic rings. The fourth-order valence-electron chi connectivity index (χ4n) is 3.05. The molecule has 1 unspecified atom stereocenters. The summed E-state index contributed by atoms with van der Waals surface area (Å²) in [7, 11) is -1.82. The predicted octanol–water partition coefficient (Wildman–Crippen LogP) is 2.57. The highest BCUT2D eigenvalue weighted by Gasteiger charge is 2.26. The number of nitrogens with one attached hydrogen (secondary N) is 1. The van der Waals surface area contributed by atoms with E-state index in [1.807, 2.05) is 30.3 Å². The Morgan fingerprint density at radius 3 is 2.63 bits per heavy atom. The van der Waals surface area contributed by atoms with E-state index in [4.69, 9.17) is 9.47 Å². The van der Waals surface area contributed by atoms with E-state index < -0.39 is 10.0 Å². The minimum absolute atomic E-state index is 0.111. The maximum Gasteiger partial charge on any atom is 0.243 e. The van der Waals surface area contributed by atoms with Crippen molar-refractivity contribution in [3.05, 3.63) is 59.7 Å². The second-order valence-corrected chi connectivity index (χ2v) is 8.48. The highest BCUT2D eigenvalue weighted by atomic mass is 32.2. The molecule has 0 spiro atoms. The Morgan fingerprint density at radius 1 is 1.15 bits per heavy atom. The van der Waals surface area contributed by atoms with Crippen LogP contribution in [0.1, 0.15) is 24.1 Å². The molecular weight excluding hydrogens is 364 g/mol. The Kier molecular flexibility index (Phi) is 6.49. The summed E-state index contributed by atoms with van der Waals surface area (Å²) in [5, 5.41) is 3.44. The quantitative estimate of drug-likeness (QED) is 0.787. The lowest BCUT2D eigenvalue weighted by atomic mass is 10.1. The van der Waals surface area contributed by atoms with Gasteiger partial charge in [0.25, 0.3) is 0 Å². The molecule has 3 rings (SSSR count). The van der Waals surface area contributed by atoms with Crippen molar-refractivity contribution in [3.8, 4) is 5.75 Å². The summed E-state index contributed by atoms with van der Waals surface area (Å²) in [5.41, 5.74) is 2.05. The molecule has 0 bridgehead atoms. The third-order valence-corrected chi connectivity index (χ3v) is 6.61. The van der Waals surface area contributed by atoms with Crippen molar-refractivity contribution in [1.82, 2.24) is 9.62 Å². The van der Waals surface area contributed by atoms with Crippen LogP contribution in [0.2, 0.25) is 0 Å². The van der Waals surface area contributed by atoms with Crippen molar-refractivity contribution >= 4 is 10.0 Å². The molecule has 1 N–H and O–H groups in total. The Labute approximate surface area is 161 Å². The van der Waals surface area contributed by atoms with E-state index in [-0.39, 0.29) is 6.04 Å². The molecule has 2 aromatic rings. The van der Waals surface area contributed by atoms with Gasteiger partial charge < -0.3 is 14.8 Å². The first-order chi connectivity index (χ1) is 13.0. The van der Waals surface area contributed by atoms with Crippen LogP contribution in [0.3, 0.4) is 0 Å². The lowest BCUT2D eigenvalue weighted by molar-refractivity contribution is 0.0730. The predicted molar refractivity (Wildman–Crippen MR) is 104 cm³/mol. The van der Waals surface area contributed by atoms with Crippen LogP contribution >= 0.6 is 0 Å². The summed E-state index contributed by atoms with van der Waals surface area (Å²) in [6.45, 7) is 4.33. The molecule has 1 saturated heterocycles. The van der Waals surface area contributed by atoms with Gasteiger partial charge in [-0.1, -0.05) is 24.3 Å². The molecule has 0 aromatic heterocycles. The molecule has 0 aliphatic carbocycles. The van der Waals surface area contributed by atoms with E-state index >= 15 is 0 Å². The molecule has 0 radical (unpaired) electrons. The number of sulfonamides is 1. The Morgan fingerprint density at radius 2 is 1.89 bits per heavy atom. The van der Waals surface area contributed by atoms with Gasteiger partial charge in [0.15, 0.2) is 0 Å². The molecule has 146 valence electrons. The molecule has 1 aliphatic heterocycles. The second kappa shape index (κ2) is 8.84. The van der Waals surface area contributed by atoms with E-state index in [1.165, 1.54) is 4.31 Å². The topological polar surface area (TPSA) is 67.9 Å². The zero-order valence-electron chi connectivity index (χ0n) is 15.7. The van der Waals surface area contributed by atoms with Gasteiger partial charge in [-0.2, -0.15) is 4.31 Å². The molecular formula is C20H26N2O4S. The minimum atomic E-state index is -3.48. The zero-order chi connectivity index (χ0) is 19.3. The fraction of sp³-hybridized carbons (Fsp3) is 0.400. The number of nitrogens with zero attached hydrogens (tertiary/aromatic N) is 1. The Bertz CT molecular complexity index is 864. The summed E-state index contributed by atoms with van der Waals surface area (Å²) >= 11 is 0. The first-order valence-corrected chi connectivity index (χ1v) is 10.5. The van der Waals surface area contributed by atoms with Crippen LogP contribution in [0.5, 0.6) is 5.75 Å². The van der Waals surface area contributed by atoms with E-state index in [0.717, 1.165) is 16.9 Å². The standard InChI is InChI=1S/C20H26N2O4S/c1-16(18-6-4-7-19(14-18)25-2)21-15-17-5-3-8-20(13-17)27(23,24)22-9-11-26-12-10-22/h3-8,13-14,16,21H,9-12,15H2,1-2H3. The van der Waals surface area contributed by atoms with Crippen molar-refractivity contribution < 1.29 is 17.9 Å². The summed E-state index contributed by atoms with van der Waals surface area (Å²) < 4.78 is 37.6. The fourth-order valence-corrected chi connectivity index (χ4v) is 4.53. The van der Waals surface area contributed by atoms with Crippen molar-refractivity contribution in [2.24, 2.45) is 0 Å². The highest BCUT2D eigenvalue weighted by molar-refractivity contribution is 7.89. The highest BCUT2D eigenvalue weighted by Crippen LogP contribution is 2.21. The number of ether oxygens (including phenoxy) is 2. The van der Waals surface area contributed by atoms with Gasteiger partial charge in [-0.15, -0.1) is 0 Å². The van der Waals surface area contributed by atoms with Crippen molar-refractivity contribution in [3.63, 3.8) is 0 Å². The molecule has 1 heterocycles. The molecule has 27 heavy (non-hydrogen) atoms. The van der Waals surface area contributed by atoms with Crippen LogP contribution in [0.4, 0.5) is 0 Å². The van der Waals surface area contributed by atoms with Gasteiger partial charge in [0.2, 0.25) is 10.0 Å². The van der Waals surface area contributed by atoms with Crippen LogP contribution < -0.4 is 10.1 Å². The van der Waals surface area contributed by atoms with Gasteiger partial charge in [0.1, 0.15) is 5.75 Å². The molecule has 7 heteroatoms. The van der Waals surface area contributed by atoms with E-state index in [9.17, 15) is 8.42 Å². The number of hydrogen-bond acceptors (Lipinski definition) is 5. The van der Waals surface area contributed by atoms with Crippen LogP contribution in [-0.4, -0.2) is 46.1 Å². The Balaban J connectivity index is 1.68. The van der Waals surface area contributed by atoms with Gasteiger partial charge in [0, 0.05) is 25.7 Å². The van der Waals surface area contributed by atoms with Crippen molar-refractivity contribution in [2.45, 2.75) is 24.4 Å². The summed E-state index contributed by atoms with van der Waals surface area (Å²) in [5.74, 6) is 0.819. The van der Waals surface area contributed by atoms with Gasteiger partial charge in [-0.05, 0) is 42.3 Å². The zero-order valence-corrected chi connectivity index (χ0v) is 16.5. The number of methoxy groups -OCH3 is 1. The van der Waals surface area contributed by atoms with E-state index in [1.54, 1.807) is 25.3 Å². The summed E-state index contributed by atoms with van der Waals surface area (Å²) in [6, 6.07) is 15.1. The second-order valence-electron chi connectivity index (χ2n) is 6.54. The maximum absolute atomic E-state index is 12.8. The first-order valence-electron chi connectivity index (χ1n) is 9.05. The summed E-state index contributed by atoms with van der Waals surface area (Å²) in [6.07, 6.45) is 0. The summed E-state index contributed by atoms with van der Waals surface area (Å²) in [4.78, 5) is 0.331. The van der Waals surface area contributed by atoms with Gasteiger partial charge in [-0.3, -0.25) is 0 Å². The van der Waals surface area contributed by atoms with Crippen LogP contribution in [0.15, 0.2) is 53.4 Å². The molecule has 1 fully saturated rings. The normalized spacial score (nSPS) is 16.8. The molecule has 2 aromatic carbocycles. The average Bonchev–Trinajstić information content (AvgIpc) is 2.73. The number of morpholine rings is 1. The van der Waals surface area contributed by atoms with Crippen molar-refractivity contribution in [1.29, 1.82) is 0 Å². The third kappa shape index (κ3) is 4.87. The largest absolute Gasteiger partial charge is 0.497 e. The minimum Gasteiger partial charge on any atom is -0.497 e. The lowest BCUT2D eigenvalue weighted by Crippen LogP contribution is -2.40. The SMILES string of the molecule is COc1cccc(C(C)NCc2cccc(S(=O)(=O)N3CCOCC3)c2)c1. The lowest BCUT2D eigenvalue weighted by Gasteiger charge is -2.26. The van der Waals surface area contributed by atoms with Gasteiger partial charge in [0.05, 0.1) is 25.2 Å². The number of rotatable bonds is 7. The van der Waals surface area contributed by atoms with E-state index in [2.05, 4.69) is 12.2 Å². The Hall–Kier alpha value is -1.93. The molecule has 0 amide bonds. The third-order valence-electron chi connectivity index (χ3n) is 4.71. The van der Waals surface area contributed by atoms with Gasteiger partial charge in [-0.25, -0.2) is 8.42 Å². The smallest absolute Gasteiger partial charge is 0.243 e. The van der Waals surface area contributed by atoms with Crippen LogP contribution in [0.25, 0.3) is 0 Å². The average molecular weight is 391 g/mol. The number of benzene rings is 2. The molecule has 1 atom stereocenters. The molecule has 0 saturated carbocycles. The maximum atomic E-state index is 12.8. The van der Waals surface area contributed by atoms with E-state index in [0.29, 0.717) is 37.7 Å². The number of hydrogen-bond donors (Lipinski definition) is 1. The monoisotopic (exact) mass is 390 g/mol. The first kappa shape index (κ1) is 19.8.